The number of esters is 1. The molecule has 1 amide bonds. The monoisotopic (exact) mass is 355 g/mol. The molecule has 1 aromatic rings. The first kappa shape index (κ1) is 19.0. The summed E-state index contributed by atoms with van der Waals surface area (Å²) >= 11 is 0. The SMILES string of the molecule is C[C@H]1CCCN(C(=O)COC(=O)/C=C/c2ccc(C(F)(F)F)cc2)C1. The quantitative estimate of drug-likeness (QED) is 0.613. The lowest BCUT2D eigenvalue weighted by atomic mass is 10.0. The zero-order valence-electron chi connectivity index (χ0n) is 13.9. The molecule has 0 radical (unpaired) electrons. The van der Waals surface area contributed by atoms with E-state index in [4.69, 9.17) is 4.74 Å². The van der Waals surface area contributed by atoms with Crippen molar-refractivity contribution in [1.29, 1.82) is 0 Å². The molecular formula is C18H20F3NO3. The van der Waals surface area contributed by atoms with Crippen molar-refractivity contribution in [3.63, 3.8) is 0 Å². The van der Waals surface area contributed by atoms with E-state index >= 15 is 0 Å². The minimum absolute atomic E-state index is 0.233. The summed E-state index contributed by atoms with van der Waals surface area (Å²) in [6, 6.07) is 4.39. The van der Waals surface area contributed by atoms with Crippen molar-refractivity contribution >= 4 is 18.0 Å². The second-order valence-corrected chi connectivity index (χ2v) is 6.15. The van der Waals surface area contributed by atoms with Crippen LogP contribution in [0.3, 0.4) is 0 Å². The Kier molecular flexibility index (Phi) is 6.22. The van der Waals surface area contributed by atoms with Gasteiger partial charge >= 0.3 is 12.1 Å². The first-order valence-electron chi connectivity index (χ1n) is 8.05. The molecule has 0 bridgehead atoms. The van der Waals surface area contributed by atoms with Crippen molar-refractivity contribution in [2.45, 2.75) is 25.9 Å². The van der Waals surface area contributed by atoms with Crippen molar-refractivity contribution in [3.05, 3.63) is 41.5 Å². The van der Waals surface area contributed by atoms with E-state index in [2.05, 4.69) is 6.92 Å². The van der Waals surface area contributed by atoms with E-state index in [1.807, 2.05) is 0 Å². The van der Waals surface area contributed by atoms with Gasteiger partial charge < -0.3 is 9.64 Å². The predicted molar refractivity (Wildman–Crippen MR) is 86.4 cm³/mol. The molecule has 0 aliphatic carbocycles. The van der Waals surface area contributed by atoms with Gasteiger partial charge in [0.1, 0.15) is 0 Å². The van der Waals surface area contributed by atoms with Gasteiger partial charge in [0.25, 0.3) is 5.91 Å². The number of piperidine rings is 1. The van der Waals surface area contributed by atoms with Crippen molar-refractivity contribution in [2.24, 2.45) is 5.92 Å². The number of likely N-dealkylation sites (tertiary alicyclic amines) is 1. The van der Waals surface area contributed by atoms with E-state index < -0.39 is 17.7 Å². The van der Waals surface area contributed by atoms with Crippen LogP contribution in [0.1, 0.15) is 30.9 Å². The molecule has 0 spiro atoms. The van der Waals surface area contributed by atoms with E-state index in [0.29, 0.717) is 24.6 Å². The van der Waals surface area contributed by atoms with Crippen LogP contribution in [0.5, 0.6) is 0 Å². The summed E-state index contributed by atoms with van der Waals surface area (Å²) in [5.74, 6) is -0.505. The number of amides is 1. The Balaban J connectivity index is 1.81. The number of hydrogen-bond acceptors (Lipinski definition) is 3. The van der Waals surface area contributed by atoms with Crippen LogP contribution in [0.25, 0.3) is 6.08 Å². The number of hydrogen-bond donors (Lipinski definition) is 0. The summed E-state index contributed by atoms with van der Waals surface area (Å²) in [7, 11) is 0. The third kappa shape index (κ3) is 5.92. The molecule has 1 heterocycles. The molecule has 1 saturated heterocycles. The normalized spacial score (nSPS) is 18.4. The Morgan fingerprint density at radius 3 is 2.56 bits per heavy atom. The van der Waals surface area contributed by atoms with Gasteiger partial charge in [-0.15, -0.1) is 0 Å². The number of benzene rings is 1. The van der Waals surface area contributed by atoms with E-state index in [1.54, 1.807) is 4.90 Å². The molecule has 136 valence electrons. The molecule has 25 heavy (non-hydrogen) atoms. The Morgan fingerprint density at radius 2 is 1.96 bits per heavy atom. The summed E-state index contributed by atoms with van der Waals surface area (Å²) in [4.78, 5) is 25.3. The minimum Gasteiger partial charge on any atom is -0.452 e. The van der Waals surface area contributed by atoms with Crippen LogP contribution in [-0.4, -0.2) is 36.5 Å². The van der Waals surface area contributed by atoms with Gasteiger partial charge in [0.2, 0.25) is 0 Å². The Hall–Kier alpha value is -2.31. The molecule has 1 atom stereocenters. The molecular weight excluding hydrogens is 335 g/mol. The predicted octanol–water partition coefficient (Wildman–Crippen LogP) is 3.52. The molecule has 1 aliphatic heterocycles. The largest absolute Gasteiger partial charge is 0.452 e. The molecule has 4 nitrogen and oxygen atoms in total. The molecule has 0 unspecified atom stereocenters. The maximum Gasteiger partial charge on any atom is 0.416 e. The number of carbonyl (C=O) groups is 2. The van der Waals surface area contributed by atoms with Gasteiger partial charge in [-0.2, -0.15) is 13.2 Å². The zero-order valence-corrected chi connectivity index (χ0v) is 13.9. The average molecular weight is 355 g/mol. The lowest BCUT2D eigenvalue weighted by Gasteiger charge is -2.30. The highest BCUT2D eigenvalue weighted by molar-refractivity contribution is 5.89. The second-order valence-electron chi connectivity index (χ2n) is 6.15. The zero-order chi connectivity index (χ0) is 18.4. The first-order chi connectivity index (χ1) is 11.8. The Labute approximate surface area is 144 Å². The number of nitrogens with zero attached hydrogens (tertiary/aromatic N) is 1. The highest BCUT2D eigenvalue weighted by Crippen LogP contribution is 2.29. The second kappa shape index (κ2) is 8.18. The molecule has 0 aromatic heterocycles. The van der Waals surface area contributed by atoms with Crippen molar-refractivity contribution < 1.29 is 27.5 Å². The first-order valence-corrected chi connectivity index (χ1v) is 8.05. The van der Waals surface area contributed by atoms with Crippen LogP contribution in [-0.2, 0) is 20.5 Å². The van der Waals surface area contributed by atoms with Gasteiger partial charge in [-0.25, -0.2) is 4.79 Å². The van der Waals surface area contributed by atoms with Crippen molar-refractivity contribution in [1.82, 2.24) is 4.90 Å². The summed E-state index contributed by atoms with van der Waals surface area (Å²) in [5.41, 5.74) is -0.324. The Bertz CT molecular complexity index is 638. The van der Waals surface area contributed by atoms with Crippen LogP contribution in [0, 0.1) is 5.92 Å². The van der Waals surface area contributed by atoms with Crippen molar-refractivity contribution in [3.8, 4) is 0 Å². The lowest BCUT2D eigenvalue weighted by molar-refractivity contribution is -0.149. The maximum atomic E-state index is 12.5. The topological polar surface area (TPSA) is 46.6 Å². The lowest BCUT2D eigenvalue weighted by Crippen LogP contribution is -2.41. The van der Waals surface area contributed by atoms with E-state index in [-0.39, 0.29) is 12.5 Å². The van der Waals surface area contributed by atoms with Crippen LogP contribution in [0.15, 0.2) is 30.3 Å². The van der Waals surface area contributed by atoms with Gasteiger partial charge in [-0.1, -0.05) is 19.1 Å². The number of alkyl halides is 3. The highest BCUT2D eigenvalue weighted by Gasteiger charge is 2.29. The van der Waals surface area contributed by atoms with E-state index in [9.17, 15) is 22.8 Å². The van der Waals surface area contributed by atoms with E-state index in [1.165, 1.54) is 18.2 Å². The smallest absolute Gasteiger partial charge is 0.416 e. The average Bonchev–Trinajstić information content (AvgIpc) is 2.57. The number of halogens is 3. The van der Waals surface area contributed by atoms with Crippen molar-refractivity contribution in [2.75, 3.05) is 19.7 Å². The molecule has 0 N–H and O–H groups in total. The van der Waals surface area contributed by atoms with Crippen LogP contribution >= 0.6 is 0 Å². The molecule has 1 fully saturated rings. The fourth-order valence-corrected chi connectivity index (χ4v) is 2.64. The van der Waals surface area contributed by atoms with Crippen LogP contribution in [0.2, 0.25) is 0 Å². The minimum atomic E-state index is -4.40. The summed E-state index contributed by atoms with van der Waals surface area (Å²) in [6.07, 6.45) is 0.0617. The third-order valence-corrected chi connectivity index (χ3v) is 4.00. The standard InChI is InChI=1S/C18H20F3NO3/c1-13-3-2-10-22(11-13)16(23)12-25-17(24)9-6-14-4-7-15(8-5-14)18(19,20)21/h4-9,13H,2-3,10-12H2,1H3/b9-6+/t13-/m0/s1. The molecule has 1 aromatic carbocycles. The molecule has 2 rings (SSSR count). The van der Waals surface area contributed by atoms with Gasteiger partial charge in [0.05, 0.1) is 5.56 Å². The number of ether oxygens (including phenoxy) is 1. The fraction of sp³-hybridized carbons (Fsp3) is 0.444. The van der Waals surface area contributed by atoms with Gasteiger partial charge in [0, 0.05) is 19.2 Å². The number of carbonyl (C=O) groups excluding carboxylic acids is 2. The molecule has 7 heteroatoms. The van der Waals surface area contributed by atoms with E-state index in [0.717, 1.165) is 31.1 Å². The number of rotatable bonds is 4. The van der Waals surface area contributed by atoms with Gasteiger partial charge in [0.15, 0.2) is 6.61 Å². The highest BCUT2D eigenvalue weighted by atomic mass is 19.4. The van der Waals surface area contributed by atoms with Gasteiger partial charge in [-0.3, -0.25) is 4.79 Å². The maximum absolute atomic E-state index is 12.5. The summed E-state index contributed by atoms with van der Waals surface area (Å²) in [5, 5.41) is 0. The Morgan fingerprint density at radius 1 is 1.28 bits per heavy atom. The van der Waals surface area contributed by atoms with Crippen LogP contribution < -0.4 is 0 Å². The molecule has 1 aliphatic rings. The summed E-state index contributed by atoms with van der Waals surface area (Å²) in [6.45, 7) is 3.07. The fourth-order valence-electron chi connectivity index (χ4n) is 2.64. The van der Waals surface area contributed by atoms with Crippen LogP contribution in [0.4, 0.5) is 13.2 Å². The third-order valence-electron chi connectivity index (χ3n) is 4.00. The van der Waals surface area contributed by atoms with Gasteiger partial charge in [-0.05, 0) is 42.5 Å². The summed E-state index contributed by atoms with van der Waals surface area (Å²) < 4.78 is 42.3. The molecule has 0 saturated carbocycles.